The number of nitrogens with one attached hydrogen (secondary N) is 1. The summed E-state index contributed by atoms with van der Waals surface area (Å²) in [5.74, 6) is -0.684. The number of primary amides is 1. The van der Waals surface area contributed by atoms with E-state index in [2.05, 4.69) is 5.32 Å². The van der Waals surface area contributed by atoms with Crippen molar-refractivity contribution < 1.29 is 19.4 Å². The van der Waals surface area contributed by atoms with Gasteiger partial charge in [-0.2, -0.15) is 0 Å². The Bertz CT molecular complexity index is 540. The molecule has 0 unspecified atom stereocenters. The van der Waals surface area contributed by atoms with Crippen molar-refractivity contribution in [2.45, 2.75) is 32.4 Å². The van der Waals surface area contributed by atoms with Gasteiger partial charge in [0.05, 0.1) is 23.2 Å². The highest BCUT2D eigenvalue weighted by atomic mass is 35.5. The van der Waals surface area contributed by atoms with Crippen molar-refractivity contribution in [2.24, 2.45) is 5.73 Å². The van der Waals surface area contributed by atoms with Crippen molar-refractivity contribution >= 4 is 23.6 Å². The number of rotatable bonds is 4. The molecule has 0 aliphatic carbocycles. The first-order valence-electron chi connectivity index (χ1n) is 6.33. The van der Waals surface area contributed by atoms with E-state index in [1.54, 1.807) is 26.8 Å². The van der Waals surface area contributed by atoms with Gasteiger partial charge in [0.25, 0.3) is 0 Å². The lowest BCUT2D eigenvalue weighted by Gasteiger charge is -2.23. The Morgan fingerprint density at radius 3 is 2.52 bits per heavy atom. The second kappa shape index (κ2) is 6.78. The summed E-state index contributed by atoms with van der Waals surface area (Å²) in [5.41, 5.74) is 5.19. The van der Waals surface area contributed by atoms with E-state index in [9.17, 15) is 14.7 Å². The van der Waals surface area contributed by atoms with Crippen molar-refractivity contribution in [3.05, 3.63) is 34.3 Å². The molecule has 0 aromatic heterocycles. The van der Waals surface area contributed by atoms with Crippen LogP contribution in [0.3, 0.4) is 0 Å². The van der Waals surface area contributed by atoms with E-state index in [1.807, 2.05) is 0 Å². The van der Waals surface area contributed by atoms with Gasteiger partial charge in [-0.25, -0.2) is 4.79 Å². The van der Waals surface area contributed by atoms with Crippen molar-refractivity contribution in [3.8, 4) is 0 Å². The summed E-state index contributed by atoms with van der Waals surface area (Å²) in [6.07, 6.45) is -0.669. The highest BCUT2D eigenvalue weighted by Crippen LogP contribution is 2.21. The van der Waals surface area contributed by atoms with Gasteiger partial charge in [0.15, 0.2) is 0 Å². The molecule has 0 radical (unpaired) electrons. The number of ether oxygens (including phenoxy) is 1. The molecular formula is C14H19ClN2O4. The van der Waals surface area contributed by atoms with E-state index in [0.29, 0.717) is 5.56 Å². The fourth-order valence-corrected chi connectivity index (χ4v) is 1.84. The minimum absolute atomic E-state index is 0.124. The van der Waals surface area contributed by atoms with E-state index in [1.165, 1.54) is 12.1 Å². The first-order chi connectivity index (χ1) is 9.64. The van der Waals surface area contributed by atoms with Gasteiger partial charge < -0.3 is 20.9 Å². The van der Waals surface area contributed by atoms with Crippen LogP contribution in [-0.2, 0) is 4.74 Å². The Labute approximate surface area is 128 Å². The maximum Gasteiger partial charge on any atom is 0.408 e. The molecular weight excluding hydrogens is 296 g/mol. The molecule has 7 heteroatoms. The number of benzene rings is 1. The smallest absolute Gasteiger partial charge is 0.408 e. The molecule has 1 atom stereocenters. The number of hydrogen-bond donors (Lipinski definition) is 3. The van der Waals surface area contributed by atoms with Crippen LogP contribution in [0, 0.1) is 0 Å². The maximum atomic E-state index is 11.7. The van der Waals surface area contributed by atoms with Crippen LogP contribution in [-0.4, -0.2) is 29.3 Å². The summed E-state index contributed by atoms with van der Waals surface area (Å²) in [7, 11) is 0. The van der Waals surface area contributed by atoms with Gasteiger partial charge in [-0.1, -0.05) is 17.7 Å². The third-order valence-corrected chi connectivity index (χ3v) is 2.86. The molecule has 0 saturated carbocycles. The van der Waals surface area contributed by atoms with E-state index >= 15 is 0 Å². The van der Waals surface area contributed by atoms with Gasteiger partial charge in [-0.3, -0.25) is 4.79 Å². The Morgan fingerprint density at radius 1 is 1.43 bits per heavy atom. The Kier molecular flexibility index (Phi) is 5.57. The predicted octanol–water partition coefficient (Wildman–Crippen LogP) is 2.00. The zero-order chi connectivity index (χ0) is 16.2. The van der Waals surface area contributed by atoms with Gasteiger partial charge in [0.2, 0.25) is 5.91 Å². The zero-order valence-electron chi connectivity index (χ0n) is 12.1. The maximum absolute atomic E-state index is 11.7. The molecule has 6 nitrogen and oxygen atoms in total. The second-order valence-corrected chi connectivity index (χ2v) is 5.89. The summed E-state index contributed by atoms with van der Waals surface area (Å²) in [6.45, 7) is 4.83. The molecule has 0 aliphatic heterocycles. The van der Waals surface area contributed by atoms with E-state index in [-0.39, 0.29) is 17.2 Å². The van der Waals surface area contributed by atoms with Crippen LogP contribution in [0.25, 0.3) is 0 Å². The molecule has 0 heterocycles. The van der Waals surface area contributed by atoms with Crippen molar-refractivity contribution in [1.82, 2.24) is 5.32 Å². The fraction of sp³-hybridized carbons (Fsp3) is 0.429. The third-order valence-electron chi connectivity index (χ3n) is 2.53. The standard InChI is InChI=1S/C14H19ClN2O4/c1-14(2,3)21-13(20)17-11(7-18)8-4-5-10(15)9(6-8)12(16)19/h4-6,11,18H,7H2,1-3H3,(H2,16,19)(H,17,20)/t11-/m1/s1. The van der Waals surface area contributed by atoms with Gasteiger partial charge >= 0.3 is 6.09 Å². The number of alkyl carbamates (subject to hydrolysis) is 1. The minimum Gasteiger partial charge on any atom is -0.444 e. The van der Waals surface area contributed by atoms with Crippen LogP contribution in [0.4, 0.5) is 4.79 Å². The van der Waals surface area contributed by atoms with Gasteiger partial charge in [-0.05, 0) is 38.5 Å². The number of carbonyl (C=O) groups is 2. The van der Waals surface area contributed by atoms with Gasteiger partial charge in [-0.15, -0.1) is 0 Å². The number of amides is 2. The lowest BCUT2D eigenvalue weighted by molar-refractivity contribution is 0.0482. The van der Waals surface area contributed by atoms with E-state index in [0.717, 1.165) is 0 Å². The SMILES string of the molecule is CC(C)(C)OC(=O)N[C@H](CO)c1ccc(Cl)c(C(N)=O)c1. The third kappa shape index (κ3) is 5.24. The number of carbonyl (C=O) groups excluding carboxylic acids is 2. The number of aliphatic hydroxyl groups is 1. The monoisotopic (exact) mass is 314 g/mol. The molecule has 0 saturated heterocycles. The molecule has 4 N–H and O–H groups in total. The summed E-state index contributed by atoms with van der Waals surface area (Å²) < 4.78 is 5.11. The molecule has 1 aromatic carbocycles. The first-order valence-corrected chi connectivity index (χ1v) is 6.71. The van der Waals surface area contributed by atoms with Crippen molar-refractivity contribution in [2.75, 3.05) is 6.61 Å². The normalized spacial score (nSPS) is 12.6. The van der Waals surface area contributed by atoms with E-state index in [4.69, 9.17) is 22.1 Å². The second-order valence-electron chi connectivity index (χ2n) is 5.48. The van der Waals surface area contributed by atoms with Crippen LogP contribution in [0.5, 0.6) is 0 Å². The van der Waals surface area contributed by atoms with Crippen LogP contribution < -0.4 is 11.1 Å². The molecule has 2 amide bonds. The van der Waals surface area contributed by atoms with Gasteiger partial charge in [0.1, 0.15) is 5.60 Å². The average Bonchev–Trinajstić information content (AvgIpc) is 2.34. The molecule has 0 aliphatic rings. The minimum atomic E-state index is -0.727. The summed E-state index contributed by atoms with van der Waals surface area (Å²) in [5, 5.41) is 12.1. The van der Waals surface area contributed by atoms with Crippen molar-refractivity contribution in [3.63, 3.8) is 0 Å². The largest absolute Gasteiger partial charge is 0.444 e. The lowest BCUT2D eigenvalue weighted by atomic mass is 10.0. The average molecular weight is 315 g/mol. The number of nitrogens with two attached hydrogens (primary N) is 1. The van der Waals surface area contributed by atoms with Crippen molar-refractivity contribution in [1.29, 1.82) is 0 Å². The predicted molar refractivity (Wildman–Crippen MR) is 79.2 cm³/mol. The summed E-state index contributed by atoms with van der Waals surface area (Å²) in [6, 6.07) is 3.78. The Hall–Kier alpha value is -1.79. The Balaban J connectivity index is 2.93. The Morgan fingerprint density at radius 2 is 2.05 bits per heavy atom. The molecule has 0 bridgehead atoms. The number of halogens is 1. The summed E-state index contributed by atoms with van der Waals surface area (Å²) >= 11 is 5.86. The summed E-state index contributed by atoms with van der Waals surface area (Å²) in [4.78, 5) is 23.0. The van der Waals surface area contributed by atoms with Crippen LogP contribution in [0.15, 0.2) is 18.2 Å². The molecule has 0 fully saturated rings. The molecule has 1 aromatic rings. The van der Waals surface area contributed by atoms with Crippen LogP contribution in [0.2, 0.25) is 5.02 Å². The molecule has 21 heavy (non-hydrogen) atoms. The van der Waals surface area contributed by atoms with Gasteiger partial charge in [0, 0.05) is 0 Å². The van der Waals surface area contributed by atoms with Crippen LogP contribution in [0.1, 0.15) is 42.7 Å². The molecule has 0 spiro atoms. The van der Waals surface area contributed by atoms with Crippen LogP contribution >= 0.6 is 11.6 Å². The quantitative estimate of drug-likeness (QED) is 0.791. The highest BCUT2D eigenvalue weighted by Gasteiger charge is 2.21. The number of aliphatic hydroxyl groups excluding tert-OH is 1. The molecule has 116 valence electrons. The molecule has 1 rings (SSSR count). The lowest BCUT2D eigenvalue weighted by Crippen LogP contribution is -2.36. The topological polar surface area (TPSA) is 102 Å². The highest BCUT2D eigenvalue weighted by molar-refractivity contribution is 6.33. The van der Waals surface area contributed by atoms with E-state index < -0.39 is 23.6 Å². The fourth-order valence-electron chi connectivity index (χ4n) is 1.63. The first kappa shape index (κ1) is 17.3. The number of hydrogen-bond acceptors (Lipinski definition) is 4. The zero-order valence-corrected chi connectivity index (χ0v) is 12.9.